The summed E-state index contributed by atoms with van der Waals surface area (Å²) in [5.41, 5.74) is 8.32. The van der Waals surface area contributed by atoms with Crippen LogP contribution in [-0.2, 0) is 114 Å². The second-order valence-electron chi connectivity index (χ2n) is 27.0. The summed E-state index contributed by atoms with van der Waals surface area (Å²) in [7, 11) is 0.587. The van der Waals surface area contributed by atoms with Gasteiger partial charge >= 0.3 is 30.1 Å². The Hall–Kier alpha value is -9.08. The summed E-state index contributed by atoms with van der Waals surface area (Å²) in [6.45, 7) is 25.9. The Morgan fingerprint density at radius 1 is 0.629 bits per heavy atom. The molecule has 0 saturated carbocycles. The summed E-state index contributed by atoms with van der Waals surface area (Å²) in [5.74, 6) is -1.10. The van der Waals surface area contributed by atoms with Gasteiger partial charge in [0.2, 0.25) is 5.97 Å². The number of methoxy groups -OCH3 is 3. The van der Waals surface area contributed by atoms with Gasteiger partial charge in [-0.25, -0.2) is 44.5 Å². The molecule has 2 unspecified atom stereocenters. The fourth-order valence-electron chi connectivity index (χ4n) is 10.2. The number of aryl methyl sites for hydroxylation is 6. The number of halogens is 2. The minimum atomic E-state index is -1.64. The fourth-order valence-corrected chi connectivity index (χ4v) is 15.6. The number of ether oxygens (including phenoxy) is 8. The van der Waals surface area contributed by atoms with E-state index < -0.39 is 68.9 Å². The molecule has 1 radical (unpaired) electrons. The zero-order valence-corrected chi connectivity index (χ0v) is 75.2. The van der Waals surface area contributed by atoms with Crippen LogP contribution < -0.4 is 30.7 Å². The molecule has 0 spiro atoms. The predicted molar refractivity (Wildman–Crippen MR) is 449 cm³/mol. The topological polar surface area (TPSA) is 350 Å². The molecule has 6 N–H and O–H groups in total. The maximum absolute atomic E-state index is 12.6. The second kappa shape index (κ2) is 48.6. The summed E-state index contributed by atoms with van der Waals surface area (Å²) in [5, 5.41) is 30.1. The summed E-state index contributed by atoms with van der Waals surface area (Å²) in [4.78, 5) is 93.1. The number of hydrogen-bond donors (Lipinski definition) is 6. The average Bonchev–Trinajstić information content (AvgIpc) is 1.63. The van der Waals surface area contributed by atoms with Crippen molar-refractivity contribution in [1.82, 2.24) is 21.3 Å². The molecule has 2 atom stereocenters. The van der Waals surface area contributed by atoms with E-state index in [0.29, 0.717) is 88.5 Å². The first-order valence-electron chi connectivity index (χ1n) is 35.4. The molecule has 0 saturated heterocycles. The predicted octanol–water partition coefficient (Wildman–Crippen LogP) is 14.7. The molecule has 25 nitrogen and oxygen atoms in total. The molecule has 4 aliphatic heterocycles. The van der Waals surface area contributed by atoms with Crippen LogP contribution in [0.1, 0.15) is 129 Å². The Morgan fingerprint density at radius 3 is 1.56 bits per heavy atom. The number of aliphatic hydroxyl groups is 1. The molecule has 4 amide bonds. The first-order valence-corrected chi connectivity index (χ1v) is 40.4. The summed E-state index contributed by atoms with van der Waals surface area (Å²) >= 11 is 17.7. The number of rotatable bonds is 14. The first kappa shape index (κ1) is 99.3. The van der Waals surface area contributed by atoms with Crippen LogP contribution in [0, 0.1) is 53.7 Å². The average molecular weight is 1800 g/mol. The molecule has 0 fully saturated rings. The minimum absolute atomic E-state index is 0. The normalized spacial score (nSPS) is 14.1. The van der Waals surface area contributed by atoms with Crippen molar-refractivity contribution >= 4 is 170 Å². The van der Waals surface area contributed by atoms with Gasteiger partial charge in [-0.1, -0.05) is 94.9 Å². The minimum Gasteiger partial charge on any atom is -0.491 e. The molecule has 12 rings (SSSR count). The van der Waals surface area contributed by atoms with Crippen molar-refractivity contribution in [3.8, 4) is 11.5 Å². The molecular formula is C83H92Cl2N4O21S5Y-2. The van der Waals surface area contributed by atoms with Crippen molar-refractivity contribution in [3.63, 3.8) is 0 Å². The van der Waals surface area contributed by atoms with Crippen molar-refractivity contribution in [2.45, 2.75) is 117 Å². The van der Waals surface area contributed by atoms with E-state index >= 15 is 0 Å². The SMILES string of the molecule is CC(C)(C)OC(=O)NCCCO.COC(=O)C1=C(Cl)c2cc(C)ccc2S1=O.COC(=O)C1=C(OCCCNC(=O)OC(C)(C)C)c2cc(C)ccc2S1=O.COC(=O)[C-]=C(Cl)c1[c-]ccc(C)c1.Cc1ccc2sc3c(c2c1)OCCNC3=O.Cc1ccc2sc3c(c2c1)OCCNC3=O.Cc1cccc(/C=C/C(=O)O)c1.O=S.[Y]. The Kier molecular flexibility index (Phi) is 41.6. The number of nitrogens with one attached hydrogen (secondary N) is 4. The number of carbonyl (C=O) groups is 8. The largest absolute Gasteiger partial charge is 0.491 e. The van der Waals surface area contributed by atoms with Crippen LogP contribution in [0.4, 0.5) is 9.59 Å². The standard InChI is InChI=1S/C19H25NO6S.2C12H11NO2S.C11H9ClO3S.C11H9ClO2.C10H10O2.C8H17NO3.OS.Y/c1-12-7-8-14-13(11-12)15(16(27(14)23)17(21)24-5)25-10-6-9-20-18(22)26-19(2,3)4;2*1-7-2-3-9-8(6-7)10-11(16-9)12(14)13-4-5-15-10;1-6-3-4-8-7(5-6)9(12)10(16(8)14)11(13)15-2;1-8-4-3-5-9(6-8)10(12)7-11(13)14-2;1-8-3-2-4-9(7-8)5-6-10(11)12;1-8(2,3)12-7(11)9-5-4-6-10;1-2;/h7-8,11H,6,9-10H2,1-5H3,(H,20,22);2*2-3,6H,4-5H2,1H3,(H,13,14);3-5H,1-2H3;3-4,6H,1-2H3;2-7H,1H3,(H,11,12);10H,4-6H2,1-3H3,(H,9,11);;/q;;;;-2;;;;/b;;;;;6-5+;;;. The zero-order valence-electron chi connectivity index (χ0n) is 66.7. The number of carboxylic acid groups (broad SMARTS) is 1. The van der Waals surface area contributed by atoms with E-state index in [1.54, 1.807) is 65.8 Å². The molecule has 0 bridgehead atoms. The van der Waals surface area contributed by atoms with E-state index in [1.165, 1.54) is 55.1 Å². The number of carbonyl (C=O) groups excluding carboxylic acids is 7. The van der Waals surface area contributed by atoms with Gasteiger partial charge in [0, 0.05) is 89.8 Å². The van der Waals surface area contributed by atoms with Crippen LogP contribution in [0.5, 0.6) is 11.5 Å². The van der Waals surface area contributed by atoms with Gasteiger partial charge in [0.15, 0.2) is 34.7 Å². The Morgan fingerprint density at radius 2 is 1.09 bits per heavy atom. The molecule has 619 valence electrons. The summed E-state index contributed by atoms with van der Waals surface area (Å²) in [6.07, 6.45) is 5.19. The van der Waals surface area contributed by atoms with Crippen LogP contribution in [-0.4, -0.2) is 156 Å². The summed E-state index contributed by atoms with van der Waals surface area (Å²) < 4.78 is 75.6. The quantitative estimate of drug-likeness (QED) is 0.0194. The van der Waals surface area contributed by atoms with E-state index in [2.05, 4.69) is 79.7 Å². The van der Waals surface area contributed by atoms with E-state index in [0.717, 1.165) is 65.6 Å². The number of carboxylic acids is 1. The van der Waals surface area contributed by atoms with E-state index in [4.69, 9.17) is 66.0 Å². The van der Waals surface area contributed by atoms with E-state index in [9.17, 15) is 46.8 Å². The van der Waals surface area contributed by atoms with Gasteiger partial charge in [0.05, 0.1) is 77.4 Å². The number of benzene rings is 6. The van der Waals surface area contributed by atoms with Gasteiger partial charge in [-0.05, 0) is 149 Å². The number of aliphatic carboxylic acids is 1. The number of thiophene rings is 2. The van der Waals surface area contributed by atoms with Crippen LogP contribution in [0.2, 0.25) is 0 Å². The maximum atomic E-state index is 12.6. The molecule has 116 heavy (non-hydrogen) atoms. The van der Waals surface area contributed by atoms with Crippen LogP contribution in [0.15, 0.2) is 141 Å². The second-order valence-corrected chi connectivity index (χ2v) is 32.6. The maximum Gasteiger partial charge on any atom is 0.407 e. The molecule has 6 heterocycles. The zero-order chi connectivity index (χ0) is 85.4. The van der Waals surface area contributed by atoms with Gasteiger partial charge in [-0.2, -0.15) is 38.5 Å². The van der Waals surface area contributed by atoms with Gasteiger partial charge in [0.25, 0.3) is 11.8 Å². The van der Waals surface area contributed by atoms with Crippen LogP contribution in [0.3, 0.4) is 0 Å². The van der Waals surface area contributed by atoms with E-state index in [1.807, 2.05) is 114 Å². The number of hydrogen-bond acceptors (Lipinski definition) is 23. The van der Waals surface area contributed by atoms with E-state index in [-0.39, 0.29) is 83.4 Å². The smallest absolute Gasteiger partial charge is 0.407 e. The van der Waals surface area contributed by atoms with Gasteiger partial charge in [0.1, 0.15) is 39.1 Å². The molecule has 33 heteroatoms. The number of aliphatic hydroxyl groups excluding tert-OH is 1. The third kappa shape index (κ3) is 31.1. The number of esters is 3. The van der Waals surface area contributed by atoms with Crippen LogP contribution >= 0.6 is 45.9 Å². The van der Waals surface area contributed by atoms with Crippen molar-refractivity contribution in [3.05, 3.63) is 209 Å². The van der Waals surface area contributed by atoms with Crippen molar-refractivity contribution in [2.24, 2.45) is 0 Å². The molecule has 6 aromatic carbocycles. The number of alkyl carbamates (subject to hydrolysis) is 2. The Balaban J connectivity index is 0.000000288. The van der Waals surface area contributed by atoms with Gasteiger partial charge < -0.3 is 69.4 Å². The van der Waals surface area contributed by atoms with Gasteiger partial charge in [-0.15, -0.1) is 28.7 Å². The third-order valence-electron chi connectivity index (χ3n) is 15.2. The molecular weight excluding hydrogens is 1710 g/mol. The first-order chi connectivity index (χ1) is 54.5. The molecule has 8 aromatic rings. The van der Waals surface area contributed by atoms with Gasteiger partial charge in [-0.3, -0.25) is 19.9 Å². The van der Waals surface area contributed by atoms with Crippen molar-refractivity contribution < 1.29 is 132 Å². The van der Waals surface area contributed by atoms with Crippen LogP contribution in [0.25, 0.3) is 42.1 Å². The molecule has 4 aliphatic rings. The number of amides is 4. The Labute approximate surface area is 727 Å². The Bertz CT molecular complexity index is 4900. The summed E-state index contributed by atoms with van der Waals surface area (Å²) in [6, 6.07) is 39.1. The molecule has 0 aliphatic carbocycles. The van der Waals surface area contributed by atoms with Crippen molar-refractivity contribution in [1.29, 1.82) is 0 Å². The third-order valence-corrected chi connectivity index (χ3v) is 21.3. The monoisotopic (exact) mass is 1800 g/mol. The fraction of sp³-hybridized carbons (Fsp3) is 0.325. The van der Waals surface area contributed by atoms with Crippen molar-refractivity contribution in [2.75, 3.05) is 73.9 Å². The molecule has 2 aromatic heterocycles. The number of fused-ring (bicyclic) bond motifs is 8.